The van der Waals surface area contributed by atoms with Crippen molar-refractivity contribution >= 4 is 17.4 Å². The molecule has 88 valence electrons. The maximum Gasteiger partial charge on any atom is 0.423 e. The Hall–Kier alpha value is -1.40. The summed E-state index contributed by atoms with van der Waals surface area (Å²) in [5, 5.41) is 0. The summed E-state index contributed by atoms with van der Waals surface area (Å²) in [4.78, 5) is 11.1. The van der Waals surface area contributed by atoms with Gasteiger partial charge in [0.15, 0.2) is 0 Å². The fourth-order valence-electron chi connectivity index (χ4n) is 1.21. The van der Waals surface area contributed by atoms with E-state index in [1.807, 2.05) is 30.3 Å². The molecule has 1 amide bonds. The van der Waals surface area contributed by atoms with Crippen LogP contribution in [-0.2, 0) is 22.4 Å². The Morgan fingerprint density at radius 1 is 1.44 bits per heavy atom. The number of amides is 1. The molecule has 0 radical (unpaired) electrons. The van der Waals surface area contributed by atoms with Gasteiger partial charge in [-0.1, -0.05) is 30.3 Å². The van der Waals surface area contributed by atoms with Crippen molar-refractivity contribution in [3.8, 4) is 0 Å². The number of hydrogen-bond donors (Lipinski definition) is 1. The molecule has 1 aromatic carbocycles. The molecule has 0 fully saturated rings. The molecule has 0 aliphatic rings. The summed E-state index contributed by atoms with van der Waals surface area (Å²) in [6.45, 7) is 0.139. The molecule has 0 saturated heterocycles. The first-order valence-corrected chi connectivity index (χ1v) is 5.72. The average molecular weight is 243 g/mol. The van der Waals surface area contributed by atoms with Gasteiger partial charge in [0.2, 0.25) is 0 Å². The Balaban J connectivity index is 2.57. The molecule has 0 saturated carbocycles. The van der Waals surface area contributed by atoms with Crippen LogP contribution in [0.1, 0.15) is 5.56 Å². The molecule has 1 atom stereocenters. The van der Waals surface area contributed by atoms with Gasteiger partial charge in [0.05, 0.1) is 7.11 Å². The Labute approximate surface area is 96.4 Å². The second-order valence-corrected chi connectivity index (χ2v) is 3.94. The number of hydrogen-bond acceptors (Lipinski definition) is 3. The third kappa shape index (κ3) is 3.63. The first-order chi connectivity index (χ1) is 7.65. The van der Waals surface area contributed by atoms with Gasteiger partial charge in [-0.05, 0) is 12.0 Å². The largest absolute Gasteiger partial charge is 0.452 e. The summed E-state index contributed by atoms with van der Waals surface area (Å²) in [6, 6.07) is 9.39. The summed E-state index contributed by atoms with van der Waals surface area (Å²) in [6.07, 6.45) is -0.306. The Morgan fingerprint density at radius 3 is 2.56 bits per heavy atom. The molecule has 16 heavy (non-hydrogen) atoms. The summed E-state index contributed by atoms with van der Waals surface area (Å²) in [5.74, 6) is 0. The topological polar surface area (TPSA) is 66.8 Å². The maximum atomic E-state index is 11.1. The van der Waals surface area contributed by atoms with Crippen LogP contribution in [-0.4, -0.2) is 32.8 Å². The van der Waals surface area contributed by atoms with Crippen molar-refractivity contribution in [1.82, 2.24) is 4.31 Å². The highest BCUT2D eigenvalue weighted by Crippen LogP contribution is 2.03. The number of benzene rings is 1. The van der Waals surface area contributed by atoms with E-state index < -0.39 is 17.4 Å². The van der Waals surface area contributed by atoms with Crippen molar-refractivity contribution in [3.05, 3.63) is 35.9 Å². The molecule has 0 aliphatic carbocycles. The summed E-state index contributed by atoms with van der Waals surface area (Å²) in [7, 11) is 1.17. The van der Waals surface area contributed by atoms with E-state index in [2.05, 4.69) is 4.74 Å². The SMILES string of the molecule is COC(=O)N(CCc1ccccc1)S(=O)O. The van der Waals surface area contributed by atoms with Crippen LogP contribution in [0, 0.1) is 0 Å². The van der Waals surface area contributed by atoms with Gasteiger partial charge in [0.1, 0.15) is 0 Å². The minimum absolute atomic E-state index is 0.139. The molecule has 0 spiro atoms. The van der Waals surface area contributed by atoms with Crippen LogP contribution in [0.2, 0.25) is 0 Å². The Bertz CT molecular complexity index is 368. The normalized spacial score (nSPS) is 11.9. The maximum absolute atomic E-state index is 11.1. The predicted molar refractivity (Wildman–Crippen MR) is 60.0 cm³/mol. The fourth-order valence-corrected chi connectivity index (χ4v) is 1.66. The number of methoxy groups -OCH3 is 1. The van der Waals surface area contributed by atoms with Crippen LogP contribution in [0.15, 0.2) is 30.3 Å². The van der Waals surface area contributed by atoms with Gasteiger partial charge in [-0.2, -0.15) is 0 Å². The van der Waals surface area contributed by atoms with Crippen molar-refractivity contribution < 1.29 is 18.3 Å². The first kappa shape index (κ1) is 12.7. The molecule has 0 bridgehead atoms. The minimum atomic E-state index is -2.35. The number of nitrogens with zero attached hydrogens (tertiary/aromatic N) is 1. The van der Waals surface area contributed by atoms with E-state index in [0.29, 0.717) is 6.42 Å². The van der Waals surface area contributed by atoms with Crippen molar-refractivity contribution in [2.45, 2.75) is 6.42 Å². The molecular weight excluding hydrogens is 230 g/mol. The lowest BCUT2D eigenvalue weighted by atomic mass is 10.1. The molecule has 0 aliphatic heterocycles. The number of ether oxygens (including phenoxy) is 1. The number of rotatable bonds is 4. The highest BCUT2D eigenvalue weighted by molar-refractivity contribution is 7.77. The van der Waals surface area contributed by atoms with Crippen LogP contribution >= 0.6 is 0 Å². The zero-order chi connectivity index (χ0) is 12.0. The van der Waals surface area contributed by atoms with E-state index in [0.717, 1.165) is 9.87 Å². The Morgan fingerprint density at radius 2 is 2.06 bits per heavy atom. The molecular formula is C10H13NO4S. The lowest BCUT2D eigenvalue weighted by molar-refractivity contribution is 0.148. The van der Waals surface area contributed by atoms with Gasteiger partial charge in [-0.15, -0.1) is 0 Å². The quantitative estimate of drug-likeness (QED) is 0.812. The monoisotopic (exact) mass is 243 g/mol. The van der Waals surface area contributed by atoms with E-state index >= 15 is 0 Å². The van der Waals surface area contributed by atoms with Crippen LogP contribution in [0.25, 0.3) is 0 Å². The third-order valence-electron chi connectivity index (χ3n) is 2.01. The summed E-state index contributed by atoms with van der Waals surface area (Å²) < 4.78 is 24.9. The molecule has 1 unspecified atom stereocenters. The van der Waals surface area contributed by atoms with Gasteiger partial charge in [0, 0.05) is 6.54 Å². The molecule has 0 aromatic heterocycles. The van der Waals surface area contributed by atoms with Crippen molar-refractivity contribution in [1.29, 1.82) is 0 Å². The standard InChI is InChI=1S/C10H13NO4S/c1-15-10(12)11(16(13)14)8-7-9-5-3-2-4-6-9/h2-6H,7-8H2,1H3,(H,13,14). The lowest BCUT2D eigenvalue weighted by Gasteiger charge is -2.15. The number of carbonyl (C=O) groups excluding carboxylic acids is 1. The average Bonchev–Trinajstić information content (AvgIpc) is 2.30. The van der Waals surface area contributed by atoms with E-state index in [1.54, 1.807) is 0 Å². The first-order valence-electron chi connectivity index (χ1n) is 4.65. The van der Waals surface area contributed by atoms with Crippen LogP contribution in [0.3, 0.4) is 0 Å². The summed E-state index contributed by atoms with van der Waals surface area (Å²) in [5.41, 5.74) is 0.988. The molecule has 1 aromatic rings. The van der Waals surface area contributed by atoms with E-state index in [1.165, 1.54) is 7.11 Å². The van der Waals surface area contributed by atoms with Crippen molar-refractivity contribution in [2.24, 2.45) is 0 Å². The lowest BCUT2D eigenvalue weighted by Crippen LogP contribution is -2.34. The van der Waals surface area contributed by atoms with Gasteiger partial charge in [0.25, 0.3) is 11.3 Å². The molecule has 6 heteroatoms. The smallest absolute Gasteiger partial charge is 0.423 e. The second-order valence-electron chi connectivity index (χ2n) is 3.04. The van der Waals surface area contributed by atoms with E-state index in [-0.39, 0.29) is 6.54 Å². The highest BCUT2D eigenvalue weighted by atomic mass is 32.2. The van der Waals surface area contributed by atoms with Crippen LogP contribution in [0.5, 0.6) is 0 Å². The van der Waals surface area contributed by atoms with Gasteiger partial charge >= 0.3 is 6.09 Å². The van der Waals surface area contributed by atoms with Crippen molar-refractivity contribution in [3.63, 3.8) is 0 Å². The summed E-state index contributed by atoms with van der Waals surface area (Å²) >= 11 is -2.35. The van der Waals surface area contributed by atoms with Crippen LogP contribution in [0.4, 0.5) is 4.79 Å². The van der Waals surface area contributed by atoms with E-state index in [4.69, 9.17) is 4.55 Å². The van der Waals surface area contributed by atoms with Gasteiger partial charge < -0.3 is 4.74 Å². The Kier molecular flexibility index (Phi) is 4.94. The van der Waals surface area contributed by atoms with Gasteiger partial charge in [-0.3, -0.25) is 4.55 Å². The van der Waals surface area contributed by atoms with Crippen molar-refractivity contribution in [2.75, 3.05) is 13.7 Å². The highest BCUT2D eigenvalue weighted by Gasteiger charge is 2.18. The second kappa shape index (κ2) is 6.24. The third-order valence-corrected chi connectivity index (χ3v) is 2.72. The number of carbonyl (C=O) groups is 1. The minimum Gasteiger partial charge on any atom is -0.452 e. The molecule has 0 heterocycles. The zero-order valence-corrected chi connectivity index (χ0v) is 9.64. The van der Waals surface area contributed by atoms with Crippen LogP contribution < -0.4 is 0 Å². The van der Waals surface area contributed by atoms with Gasteiger partial charge in [-0.25, -0.2) is 13.3 Å². The fraction of sp³-hybridized carbons (Fsp3) is 0.300. The zero-order valence-electron chi connectivity index (χ0n) is 8.83. The molecule has 5 nitrogen and oxygen atoms in total. The van der Waals surface area contributed by atoms with E-state index in [9.17, 15) is 9.00 Å². The molecule has 1 N–H and O–H groups in total. The predicted octanol–water partition coefficient (Wildman–Crippen LogP) is 1.43. The molecule has 1 rings (SSSR count).